The summed E-state index contributed by atoms with van der Waals surface area (Å²) in [7, 11) is 0. The summed E-state index contributed by atoms with van der Waals surface area (Å²) in [6.45, 7) is 6.08. The average molecular weight is 469 g/mol. The van der Waals surface area contributed by atoms with E-state index in [0.29, 0.717) is 28.9 Å². The molecule has 4 rings (SSSR count). The van der Waals surface area contributed by atoms with Gasteiger partial charge in [0, 0.05) is 18.8 Å². The quantitative estimate of drug-likeness (QED) is 0.333. The van der Waals surface area contributed by atoms with E-state index in [1.807, 2.05) is 18.2 Å². The maximum Gasteiger partial charge on any atom is 0.131 e. The first-order valence-electron chi connectivity index (χ1n) is 13.8. The molecular formula is C31H42F2O. The molecule has 0 heterocycles. The molecule has 0 radical (unpaired) electrons. The van der Waals surface area contributed by atoms with Crippen LogP contribution < -0.4 is 0 Å². The van der Waals surface area contributed by atoms with Crippen molar-refractivity contribution in [1.82, 2.24) is 0 Å². The molecule has 2 aromatic carbocycles. The molecule has 0 aromatic heterocycles. The molecule has 0 saturated heterocycles. The van der Waals surface area contributed by atoms with E-state index >= 15 is 8.78 Å². The van der Waals surface area contributed by atoms with E-state index in [1.54, 1.807) is 12.1 Å². The Kier molecular flexibility index (Phi) is 9.17. The highest BCUT2D eigenvalue weighted by Crippen LogP contribution is 2.40. The Morgan fingerprint density at radius 3 is 2.09 bits per heavy atom. The minimum atomic E-state index is -0.238. The molecule has 0 aliphatic heterocycles. The molecule has 2 fully saturated rings. The van der Waals surface area contributed by atoms with Crippen LogP contribution in [0.3, 0.4) is 0 Å². The molecule has 2 aliphatic carbocycles. The van der Waals surface area contributed by atoms with E-state index in [1.165, 1.54) is 25.7 Å². The molecule has 34 heavy (non-hydrogen) atoms. The van der Waals surface area contributed by atoms with Gasteiger partial charge in [-0.05, 0) is 110 Å². The first-order chi connectivity index (χ1) is 16.6. The number of ether oxygens (including phenoxy) is 1. The highest BCUT2D eigenvalue weighted by Gasteiger charge is 2.25. The molecule has 2 aromatic rings. The van der Waals surface area contributed by atoms with E-state index in [-0.39, 0.29) is 11.6 Å². The molecule has 0 spiro atoms. The van der Waals surface area contributed by atoms with Gasteiger partial charge in [-0.2, -0.15) is 0 Å². The van der Waals surface area contributed by atoms with Crippen LogP contribution in [-0.2, 0) is 4.74 Å². The highest BCUT2D eigenvalue weighted by molar-refractivity contribution is 5.65. The number of rotatable bonds is 9. The summed E-state index contributed by atoms with van der Waals surface area (Å²) >= 11 is 0. The second-order valence-electron chi connectivity index (χ2n) is 10.8. The predicted octanol–water partition coefficient (Wildman–Crippen LogP) is 9.41. The van der Waals surface area contributed by atoms with Crippen LogP contribution in [0, 0.1) is 23.5 Å². The predicted molar refractivity (Wildman–Crippen MR) is 137 cm³/mol. The van der Waals surface area contributed by atoms with Gasteiger partial charge in [0.15, 0.2) is 0 Å². The maximum absolute atomic E-state index is 15.1. The summed E-state index contributed by atoms with van der Waals surface area (Å²) in [6.07, 6.45) is 12.6. The van der Waals surface area contributed by atoms with Crippen molar-refractivity contribution >= 4 is 0 Å². The number of halogens is 2. The van der Waals surface area contributed by atoms with Crippen molar-refractivity contribution in [2.24, 2.45) is 11.8 Å². The topological polar surface area (TPSA) is 9.23 Å². The molecule has 0 N–H and O–H groups in total. The number of benzene rings is 2. The lowest BCUT2D eigenvalue weighted by molar-refractivity contribution is 0.0831. The Morgan fingerprint density at radius 1 is 0.735 bits per heavy atom. The summed E-state index contributed by atoms with van der Waals surface area (Å²) in [5.74, 6) is 1.74. The van der Waals surface area contributed by atoms with Crippen LogP contribution in [0.15, 0.2) is 36.4 Å². The fraction of sp³-hybridized carbons (Fsp3) is 0.613. The van der Waals surface area contributed by atoms with Crippen LogP contribution in [-0.4, -0.2) is 13.2 Å². The largest absolute Gasteiger partial charge is 0.381 e. The van der Waals surface area contributed by atoms with Crippen LogP contribution in [0.5, 0.6) is 0 Å². The Balaban J connectivity index is 1.38. The van der Waals surface area contributed by atoms with Gasteiger partial charge in [-0.25, -0.2) is 8.78 Å². The van der Waals surface area contributed by atoms with E-state index in [2.05, 4.69) is 19.9 Å². The molecule has 0 atom stereocenters. The van der Waals surface area contributed by atoms with Gasteiger partial charge in [0.1, 0.15) is 11.6 Å². The molecule has 0 bridgehead atoms. The zero-order chi connectivity index (χ0) is 23.9. The molecule has 186 valence electrons. The van der Waals surface area contributed by atoms with Gasteiger partial charge in [0.2, 0.25) is 0 Å². The van der Waals surface area contributed by atoms with Crippen LogP contribution in [0.2, 0.25) is 0 Å². The summed E-state index contributed by atoms with van der Waals surface area (Å²) in [6, 6.07) is 11.0. The van der Waals surface area contributed by atoms with Gasteiger partial charge in [-0.15, -0.1) is 0 Å². The Morgan fingerprint density at radius 2 is 1.44 bits per heavy atom. The number of hydrogen-bond donors (Lipinski definition) is 0. The molecule has 2 aliphatic rings. The minimum Gasteiger partial charge on any atom is -0.381 e. The van der Waals surface area contributed by atoms with Crippen molar-refractivity contribution in [3.05, 3.63) is 59.2 Å². The third kappa shape index (κ3) is 6.27. The fourth-order valence-corrected chi connectivity index (χ4v) is 6.27. The molecule has 2 saturated carbocycles. The average Bonchev–Trinajstić information content (AvgIpc) is 2.85. The summed E-state index contributed by atoms with van der Waals surface area (Å²) in [5, 5.41) is 0. The van der Waals surface area contributed by atoms with Crippen LogP contribution in [0.1, 0.15) is 107 Å². The Bertz CT molecular complexity index is 908. The van der Waals surface area contributed by atoms with Crippen molar-refractivity contribution in [3.8, 4) is 11.1 Å². The second-order valence-corrected chi connectivity index (χ2v) is 10.8. The van der Waals surface area contributed by atoms with Gasteiger partial charge in [0.05, 0.1) is 0 Å². The van der Waals surface area contributed by atoms with Gasteiger partial charge in [-0.3, -0.25) is 0 Å². The van der Waals surface area contributed by atoms with E-state index in [9.17, 15) is 0 Å². The SMILES string of the molecule is CCCOCC1CCC(c2ccc(-c3ccc(C4CCC(CCC)CC4)c(F)c3)c(F)c2)CC1. The van der Waals surface area contributed by atoms with Gasteiger partial charge < -0.3 is 4.74 Å². The van der Waals surface area contributed by atoms with Gasteiger partial charge in [0.25, 0.3) is 0 Å². The summed E-state index contributed by atoms with van der Waals surface area (Å²) in [4.78, 5) is 0. The first-order valence-corrected chi connectivity index (χ1v) is 13.8. The van der Waals surface area contributed by atoms with E-state index in [0.717, 1.165) is 75.2 Å². The van der Waals surface area contributed by atoms with E-state index in [4.69, 9.17) is 4.74 Å². The van der Waals surface area contributed by atoms with Gasteiger partial charge in [-0.1, -0.05) is 51.0 Å². The third-order valence-corrected chi connectivity index (χ3v) is 8.31. The Hall–Kier alpha value is -1.74. The van der Waals surface area contributed by atoms with Crippen molar-refractivity contribution in [1.29, 1.82) is 0 Å². The lowest BCUT2D eigenvalue weighted by Crippen LogP contribution is -2.18. The van der Waals surface area contributed by atoms with Crippen molar-refractivity contribution in [2.75, 3.05) is 13.2 Å². The Labute approximate surface area is 205 Å². The van der Waals surface area contributed by atoms with Crippen molar-refractivity contribution < 1.29 is 13.5 Å². The first kappa shape index (κ1) is 25.4. The fourth-order valence-electron chi connectivity index (χ4n) is 6.27. The normalized spacial score (nSPS) is 25.4. The van der Waals surface area contributed by atoms with Gasteiger partial charge >= 0.3 is 0 Å². The molecule has 0 unspecified atom stereocenters. The smallest absolute Gasteiger partial charge is 0.131 e. The lowest BCUT2D eigenvalue weighted by Gasteiger charge is -2.29. The van der Waals surface area contributed by atoms with Crippen LogP contribution in [0.25, 0.3) is 11.1 Å². The highest BCUT2D eigenvalue weighted by atomic mass is 19.1. The zero-order valence-electron chi connectivity index (χ0n) is 21.1. The molecular weight excluding hydrogens is 426 g/mol. The van der Waals surface area contributed by atoms with E-state index < -0.39 is 0 Å². The third-order valence-electron chi connectivity index (χ3n) is 8.31. The zero-order valence-corrected chi connectivity index (χ0v) is 21.1. The maximum atomic E-state index is 15.1. The molecule has 3 heteroatoms. The number of hydrogen-bond acceptors (Lipinski definition) is 1. The van der Waals surface area contributed by atoms with Crippen LogP contribution in [0.4, 0.5) is 8.78 Å². The molecule has 1 nitrogen and oxygen atoms in total. The second kappa shape index (κ2) is 12.3. The van der Waals surface area contributed by atoms with Crippen molar-refractivity contribution in [3.63, 3.8) is 0 Å². The monoisotopic (exact) mass is 468 g/mol. The standard InChI is InChI=1S/C31H42F2O/c1-3-5-22-6-12-25(13-7-22)28-17-15-27(20-31(28)33)29-16-14-26(19-30(29)32)24-10-8-23(9-11-24)21-34-18-4-2/h14-17,19-20,22-25H,3-13,18,21H2,1-2H3. The van der Waals surface area contributed by atoms with Crippen molar-refractivity contribution in [2.45, 2.75) is 96.3 Å². The minimum absolute atomic E-state index is 0.177. The molecule has 0 amide bonds. The summed E-state index contributed by atoms with van der Waals surface area (Å²) < 4.78 is 35.9. The lowest BCUT2D eigenvalue weighted by atomic mass is 9.77. The summed E-state index contributed by atoms with van der Waals surface area (Å²) in [5.41, 5.74) is 3.04. The van der Waals surface area contributed by atoms with Crippen LogP contribution >= 0.6 is 0 Å².